The van der Waals surface area contributed by atoms with Gasteiger partial charge in [0.15, 0.2) is 12.4 Å². The lowest BCUT2D eigenvalue weighted by molar-refractivity contribution is -0.684. The Balaban J connectivity index is 1.66. The lowest BCUT2D eigenvalue weighted by Crippen LogP contribution is -2.39. The van der Waals surface area contributed by atoms with E-state index in [1.54, 1.807) is 0 Å². The number of anilines is 2. The van der Waals surface area contributed by atoms with Crippen molar-refractivity contribution in [3.05, 3.63) is 54.9 Å². The summed E-state index contributed by atoms with van der Waals surface area (Å²) in [6.07, 6.45) is 6.19. The third kappa shape index (κ3) is 3.35. The molecule has 1 aliphatic rings. The Bertz CT molecular complexity index is 594. The summed E-state index contributed by atoms with van der Waals surface area (Å²) in [5, 5.41) is 6.40. The van der Waals surface area contributed by atoms with Gasteiger partial charge < -0.3 is 10.6 Å². The van der Waals surface area contributed by atoms with Crippen LogP contribution in [0, 0.1) is 0 Å². The second-order valence-electron chi connectivity index (χ2n) is 5.06. The van der Waals surface area contributed by atoms with Gasteiger partial charge in [0.25, 0.3) is 5.91 Å². The Hall–Kier alpha value is -2.36. The average Bonchev–Trinajstić information content (AvgIpc) is 3.26. The van der Waals surface area contributed by atoms with Crippen LogP contribution in [0.4, 0.5) is 11.4 Å². The molecule has 0 radical (unpaired) electrons. The minimum absolute atomic E-state index is 0.0220. The van der Waals surface area contributed by atoms with Crippen LogP contribution in [0.3, 0.4) is 0 Å². The third-order valence-electron chi connectivity index (χ3n) is 3.24. The van der Waals surface area contributed by atoms with E-state index < -0.39 is 0 Å². The Morgan fingerprint density at radius 2 is 1.75 bits per heavy atom. The molecule has 1 amide bonds. The first kappa shape index (κ1) is 12.7. The molecule has 1 saturated carbocycles. The van der Waals surface area contributed by atoms with Gasteiger partial charge in [0.1, 0.15) is 0 Å². The van der Waals surface area contributed by atoms with Gasteiger partial charge in [0.2, 0.25) is 6.54 Å². The zero-order chi connectivity index (χ0) is 13.8. The number of nitrogens with zero attached hydrogens (tertiary/aromatic N) is 1. The number of hydrogen-bond acceptors (Lipinski definition) is 2. The molecule has 1 aliphatic carbocycles. The van der Waals surface area contributed by atoms with Crippen molar-refractivity contribution in [2.75, 3.05) is 10.6 Å². The van der Waals surface area contributed by atoms with Gasteiger partial charge in [-0.1, -0.05) is 18.2 Å². The fourth-order valence-corrected chi connectivity index (χ4v) is 2.06. The second kappa shape index (κ2) is 5.74. The molecular formula is C16H18N3O+. The van der Waals surface area contributed by atoms with Crippen molar-refractivity contribution in [2.24, 2.45) is 0 Å². The van der Waals surface area contributed by atoms with Gasteiger partial charge in [-0.2, -0.15) is 4.57 Å². The Morgan fingerprint density at radius 3 is 2.45 bits per heavy atom. The summed E-state index contributed by atoms with van der Waals surface area (Å²) in [6, 6.07) is 14.2. The maximum Gasteiger partial charge on any atom is 0.290 e. The summed E-state index contributed by atoms with van der Waals surface area (Å²) in [4.78, 5) is 12.1. The summed E-state index contributed by atoms with van der Waals surface area (Å²) in [5.41, 5.74) is 1.85. The van der Waals surface area contributed by atoms with Crippen molar-refractivity contribution in [3.63, 3.8) is 0 Å². The smallest absolute Gasteiger partial charge is 0.290 e. The molecule has 1 fully saturated rings. The van der Waals surface area contributed by atoms with Crippen molar-refractivity contribution in [1.29, 1.82) is 0 Å². The van der Waals surface area contributed by atoms with E-state index in [1.807, 2.05) is 59.4 Å². The van der Waals surface area contributed by atoms with E-state index in [-0.39, 0.29) is 5.91 Å². The summed E-state index contributed by atoms with van der Waals surface area (Å²) in [7, 11) is 0. The molecule has 3 rings (SSSR count). The topological polar surface area (TPSA) is 45.0 Å². The Kier molecular flexibility index (Phi) is 3.63. The highest BCUT2D eigenvalue weighted by Gasteiger charge is 2.22. The molecule has 0 atom stereocenters. The maximum atomic E-state index is 12.1. The maximum absolute atomic E-state index is 12.1. The first-order chi connectivity index (χ1) is 9.81. The van der Waals surface area contributed by atoms with Crippen molar-refractivity contribution in [3.8, 4) is 0 Å². The lowest BCUT2D eigenvalue weighted by Gasteiger charge is -2.11. The van der Waals surface area contributed by atoms with Crippen LogP contribution >= 0.6 is 0 Å². The second-order valence-corrected chi connectivity index (χ2v) is 5.06. The van der Waals surface area contributed by atoms with E-state index in [2.05, 4.69) is 10.6 Å². The zero-order valence-corrected chi connectivity index (χ0v) is 11.3. The molecular weight excluding hydrogens is 250 g/mol. The monoisotopic (exact) mass is 268 g/mol. The number of pyridine rings is 1. The number of benzene rings is 1. The molecule has 0 bridgehead atoms. The van der Waals surface area contributed by atoms with Crippen LogP contribution in [0.2, 0.25) is 0 Å². The van der Waals surface area contributed by atoms with Crippen LogP contribution < -0.4 is 15.2 Å². The highest BCUT2D eigenvalue weighted by Crippen LogP contribution is 2.29. The molecule has 1 aromatic carbocycles. The molecule has 0 aliphatic heterocycles. The minimum Gasteiger partial charge on any atom is -0.381 e. The normalized spacial score (nSPS) is 13.8. The minimum atomic E-state index is -0.0220. The van der Waals surface area contributed by atoms with E-state index in [9.17, 15) is 4.79 Å². The van der Waals surface area contributed by atoms with E-state index in [4.69, 9.17) is 0 Å². The van der Waals surface area contributed by atoms with Crippen LogP contribution in [-0.2, 0) is 11.3 Å². The van der Waals surface area contributed by atoms with Gasteiger partial charge >= 0.3 is 0 Å². The number of carbonyl (C=O) groups is 1. The van der Waals surface area contributed by atoms with Gasteiger partial charge in [0.05, 0.1) is 11.4 Å². The predicted octanol–water partition coefficient (Wildman–Crippen LogP) is 2.19. The highest BCUT2D eigenvalue weighted by molar-refractivity contribution is 5.93. The molecule has 20 heavy (non-hydrogen) atoms. The van der Waals surface area contributed by atoms with Crippen LogP contribution in [0.25, 0.3) is 0 Å². The Morgan fingerprint density at radius 1 is 1.05 bits per heavy atom. The quantitative estimate of drug-likeness (QED) is 0.816. The number of rotatable bonds is 5. The summed E-state index contributed by atoms with van der Waals surface area (Å²) >= 11 is 0. The van der Waals surface area contributed by atoms with Crippen LogP contribution in [0.1, 0.15) is 12.8 Å². The average molecular weight is 268 g/mol. The number of amides is 1. The molecule has 4 heteroatoms. The van der Waals surface area contributed by atoms with E-state index in [0.717, 1.165) is 11.4 Å². The van der Waals surface area contributed by atoms with Crippen LogP contribution in [0.5, 0.6) is 0 Å². The first-order valence-electron chi connectivity index (χ1n) is 6.91. The van der Waals surface area contributed by atoms with Crippen LogP contribution in [-0.4, -0.2) is 11.9 Å². The molecule has 1 heterocycles. The molecule has 0 saturated heterocycles. The highest BCUT2D eigenvalue weighted by atomic mass is 16.1. The van der Waals surface area contributed by atoms with Crippen molar-refractivity contribution < 1.29 is 9.36 Å². The fraction of sp³-hybridized carbons (Fsp3) is 0.250. The summed E-state index contributed by atoms with van der Waals surface area (Å²) in [6.45, 7) is 0.318. The van der Waals surface area contributed by atoms with Crippen molar-refractivity contribution in [1.82, 2.24) is 0 Å². The van der Waals surface area contributed by atoms with E-state index in [0.29, 0.717) is 12.6 Å². The number of carbonyl (C=O) groups excluding carboxylic acids is 1. The fourth-order valence-electron chi connectivity index (χ4n) is 2.06. The molecule has 4 nitrogen and oxygen atoms in total. The molecule has 2 N–H and O–H groups in total. The first-order valence-corrected chi connectivity index (χ1v) is 6.91. The molecule has 1 aromatic heterocycles. The van der Waals surface area contributed by atoms with Crippen molar-refractivity contribution in [2.45, 2.75) is 25.4 Å². The number of para-hydroxylation sites is 2. The van der Waals surface area contributed by atoms with Gasteiger partial charge in [-0.05, 0) is 25.0 Å². The zero-order valence-electron chi connectivity index (χ0n) is 11.3. The van der Waals surface area contributed by atoms with Gasteiger partial charge in [0, 0.05) is 18.2 Å². The number of hydrogen-bond donors (Lipinski definition) is 2. The summed E-state index contributed by atoms with van der Waals surface area (Å²) in [5.74, 6) is -0.0220. The van der Waals surface area contributed by atoms with Gasteiger partial charge in [-0.3, -0.25) is 4.79 Å². The lowest BCUT2D eigenvalue weighted by atomic mass is 10.2. The molecule has 0 unspecified atom stereocenters. The van der Waals surface area contributed by atoms with Crippen LogP contribution in [0.15, 0.2) is 54.9 Å². The van der Waals surface area contributed by atoms with Gasteiger partial charge in [-0.15, -0.1) is 0 Å². The molecule has 0 spiro atoms. The van der Waals surface area contributed by atoms with E-state index in [1.165, 1.54) is 12.8 Å². The van der Waals surface area contributed by atoms with E-state index >= 15 is 0 Å². The largest absolute Gasteiger partial charge is 0.381 e. The third-order valence-corrected chi connectivity index (χ3v) is 3.24. The van der Waals surface area contributed by atoms with Crippen molar-refractivity contribution >= 4 is 17.3 Å². The molecule has 2 aromatic rings. The summed E-state index contributed by atoms with van der Waals surface area (Å²) < 4.78 is 1.85. The Labute approximate surface area is 118 Å². The standard InChI is InChI=1S/C16H17N3O/c20-16(12-19-10-4-1-5-11-19)18-15-7-3-2-6-14(15)17-13-8-9-13/h1-7,10-11,13,17H,8-9,12H2/p+1. The molecule has 102 valence electrons. The SMILES string of the molecule is O=C(C[n+]1ccccc1)Nc1ccccc1NC1CC1. The number of nitrogens with one attached hydrogen (secondary N) is 2. The van der Waals surface area contributed by atoms with Gasteiger partial charge in [-0.25, -0.2) is 0 Å². The number of aromatic nitrogens is 1. The predicted molar refractivity (Wildman–Crippen MR) is 78.4 cm³/mol.